The summed E-state index contributed by atoms with van der Waals surface area (Å²) in [5.74, 6) is -0.199. The molecule has 0 saturated carbocycles. The summed E-state index contributed by atoms with van der Waals surface area (Å²) in [5.41, 5.74) is 2.17. The van der Waals surface area contributed by atoms with Crippen molar-refractivity contribution in [3.8, 4) is 0 Å². The standard InChI is InChI=1S/C18H25N5O3/c1-12-9-14(15-10-19-21(3)17(15)20-12)18(25)23-8-7-22(13(2)11-23)6-5-16(24)26-4/h9-10,13H,5-8,11H2,1-4H3/t13-/m1/s1. The molecule has 1 aliphatic heterocycles. The van der Waals surface area contributed by atoms with Crippen molar-refractivity contribution >= 4 is 22.9 Å². The molecule has 0 radical (unpaired) electrons. The first-order chi connectivity index (χ1) is 12.4. The van der Waals surface area contributed by atoms with E-state index in [1.807, 2.05) is 24.9 Å². The van der Waals surface area contributed by atoms with E-state index in [0.717, 1.165) is 23.3 Å². The van der Waals surface area contributed by atoms with Crippen LogP contribution in [-0.4, -0.2) is 75.8 Å². The van der Waals surface area contributed by atoms with Crippen molar-refractivity contribution in [2.75, 3.05) is 33.3 Å². The lowest BCUT2D eigenvalue weighted by atomic mass is 10.1. The number of nitrogens with zero attached hydrogens (tertiary/aromatic N) is 5. The first-order valence-electron chi connectivity index (χ1n) is 8.80. The molecule has 2 aromatic rings. The van der Waals surface area contributed by atoms with Gasteiger partial charge in [0, 0.05) is 45.0 Å². The number of rotatable bonds is 4. The van der Waals surface area contributed by atoms with Gasteiger partial charge in [0.2, 0.25) is 0 Å². The highest BCUT2D eigenvalue weighted by Gasteiger charge is 2.29. The van der Waals surface area contributed by atoms with Crippen LogP contribution in [0.1, 0.15) is 29.4 Å². The molecule has 0 aromatic carbocycles. The average Bonchev–Trinajstić information content (AvgIpc) is 3.00. The lowest BCUT2D eigenvalue weighted by Gasteiger charge is -2.39. The van der Waals surface area contributed by atoms with Crippen LogP contribution in [0.15, 0.2) is 12.3 Å². The summed E-state index contributed by atoms with van der Waals surface area (Å²) >= 11 is 0. The minimum atomic E-state index is -0.207. The fourth-order valence-electron chi connectivity index (χ4n) is 3.44. The SMILES string of the molecule is COC(=O)CCN1CCN(C(=O)c2cc(C)nc3c2cnn3C)C[C@H]1C. The van der Waals surface area contributed by atoms with Crippen molar-refractivity contribution in [3.63, 3.8) is 0 Å². The number of piperazine rings is 1. The molecule has 26 heavy (non-hydrogen) atoms. The lowest BCUT2D eigenvalue weighted by molar-refractivity contribution is -0.141. The predicted molar refractivity (Wildman–Crippen MR) is 96.8 cm³/mol. The van der Waals surface area contributed by atoms with Crippen molar-refractivity contribution in [1.29, 1.82) is 0 Å². The fraction of sp³-hybridized carbons (Fsp3) is 0.556. The molecule has 8 nitrogen and oxygen atoms in total. The highest BCUT2D eigenvalue weighted by atomic mass is 16.5. The number of hydrogen-bond acceptors (Lipinski definition) is 6. The van der Waals surface area contributed by atoms with Crippen molar-refractivity contribution in [1.82, 2.24) is 24.6 Å². The molecule has 1 aliphatic rings. The topological polar surface area (TPSA) is 80.6 Å². The minimum absolute atomic E-state index is 0.00738. The second kappa shape index (κ2) is 7.41. The molecule has 1 atom stereocenters. The van der Waals surface area contributed by atoms with Crippen LogP contribution >= 0.6 is 0 Å². The Kier molecular flexibility index (Phi) is 5.22. The van der Waals surface area contributed by atoms with E-state index in [1.54, 1.807) is 10.9 Å². The van der Waals surface area contributed by atoms with E-state index in [9.17, 15) is 9.59 Å². The van der Waals surface area contributed by atoms with Crippen molar-refractivity contribution in [3.05, 3.63) is 23.5 Å². The van der Waals surface area contributed by atoms with E-state index < -0.39 is 0 Å². The third-order valence-electron chi connectivity index (χ3n) is 4.95. The molecule has 0 aliphatic carbocycles. The molecular formula is C18H25N5O3. The molecule has 2 aromatic heterocycles. The van der Waals surface area contributed by atoms with Crippen molar-refractivity contribution in [2.45, 2.75) is 26.3 Å². The van der Waals surface area contributed by atoms with Crippen LogP contribution in [0, 0.1) is 6.92 Å². The maximum absolute atomic E-state index is 13.1. The number of hydrogen-bond donors (Lipinski definition) is 0. The Labute approximate surface area is 152 Å². The number of carbonyl (C=O) groups is 2. The molecule has 140 valence electrons. The Morgan fingerprint density at radius 1 is 1.35 bits per heavy atom. The molecule has 0 spiro atoms. The van der Waals surface area contributed by atoms with Gasteiger partial charge in [0.25, 0.3) is 5.91 Å². The fourth-order valence-corrected chi connectivity index (χ4v) is 3.44. The zero-order valence-corrected chi connectivity index (χ0v) is 15.7. The number of aryl methyl sites for hydroxylation is 2. The predicted octanol–water partition coefficient (Wildman–Crippen LogP) is 0.986. The first-order valence-corrected chi connectivity index (χ1v) is 8.80. The number of esters is 1. The summed E-state index contributed by atoms with van der Waals surface area (Å²) in [6.07, 6.45) is 2.07. The van der Waals surface area contributed by atoms with Gasteiger partial charge in [0.05, 0.1) is 30.7 Å². The minimum Gasteiger partial charge on any atom is -0.469 e. The molecule has 3 rings (SSSR count). The van der Waals surface area contributed by atoms with Gasteiger partial charge in [-0.05, 0) is 19.9 Å². The van der Waals surface area contributed by atoms with E-state index in [-0.39, 0.29) is 17.9 Å². The van der Waals surface area contributed by atoms with Crippen LogP contribution < -0.4 is 0 Å². The number of pyridine rings is 1. The number of carbonyl (C=O) groups excluding carboxylic acids is 2. The Bertz CT molecular complexity index is 832. The van der Waals surface area contributed by atoms with Gasteiger partial charge in [-0.1, -0.05) is 0 Å². The van der Waals surface area contributed by atoms with Crippen LogP contribution in [0.25, 0.3) is 11.0 Å². The van der Waals surface area contributed by atoms with E-state index in [4.69, 9.17) is 4.74 Å². The highest BCUT2D eigenvalue weighted by Crippen LogP contribution is 2.21. The third kappa shape index (κ3) is 3.55. The van der Waals surface area contributed by atoms with Gasteiger partial charge in [0.15, 0.2) is 5.65 Å². The van der Waals surface area contributed by atoms with Gasteiger partial charge in [-0.3, -0.25) is 19.2 Å². The summed E-state index contributed by atoms with van der Waals surface area (Å²) in [6, 6.07) is 2.02. The van der Waals surface area contributed by atoms with Gasteiger partial charge in [-0.15, -0.1) is 0 Å². The van der Waals surface area contributed by atoms with E-state index in [0.29, 0.717) is 31.6 Å². The van der Waals surface area contributed by atoms with Gasteiger partial charge in [0.1, 0.15) is 0 Å². The molecule has 8 heteroatoms. The van der Waals surface area contributed by atoms with Gasteiger partial charge < -0.3 is 9.64 Å². The second-order valence-corrected chi connectivity index (χ2v) is 6.78. The smallest absolute Gasteiger partial charge is 0.306 e. The third-order valence-corrected chi connectivity index (χ3v) is 4.95. The van der Waals surface area contributed by atoms with Crippen molar-refractivity contribution < 1.29 is 14.3 Å². The zero-order valence-electron chi connectivity index (χ0n) is 15.7. The van der Waals surface area contributed by atoms with E-state index in [2.05, 4.69) is 21.9 Å². The summed E-state index contributed by atoms with van der Waals surface area (Å²) in [7, 11) is 3.23. The van der Waals surface area contributed by atoms with Gasteiger partial charge in [-0.2, -0.15) is 5.10 Å². The summed E-state index contributed by atoms with van der Waals surface area (Å²) < 4.78 is 6.39. The second-order valence-electron chi connectivity index (χ2n) is 6.78. The Morgan fingerprint density at radius 2 is 2.12 bits per heavy atom. The van der Waals surface area contributed by atoms with Crippen LogP contribution in [-0.2, 0) is 16.6 Å². The number of aromatic nitrogens is 3. The van der Waals surface area contributed by atoms with Gasteiger partial charge in [-0.25, -0.2) is 4.98 Å². The molecule has 1 saturated heterocycles. The Morgan fingerprint density at radius 3 is 2.81 bits per heavy atom. The monoisotopic (exact) mass is 359 g/mol. The molecular weight excluding hydrogens is 334 g/mol. The molecule has 1 amide bonds. The Balaban J connectivity index is 1.73. The first kappa shape index (κ1) is 18.3. The highest BCUT2D eigenvalue weighted by molar-refractivity contribution is 6.05. The molecule has 0 bridgehead atoms. The molecule has 1 fully saturated rings. The normalized spacial score (nSPS) is 18.3. The Hall–Kier alpha value is -2.48. The van der Waals surface area contributed by atoms with E-state index >= 15 is 0 Å². The van der Waals surface area contributed by atoms with Crippen LogP contribution in [0.4, 0.5) is 0 Å². The van der Waals surface area contributed by atoms with Crippen molar-refractivity contribution in [2.24, 2.45) is 7.05 Å². The summed E-state index contributed by atoms with van der Waals surface area (Å²) in [6.45, 7) is 6.61. The number of fused-ring (bicyclic) bond motifs is 1. The molecule has 0 N–H and O–H groups in total. The molecule has 3 heterocycles. The molecule has 0 unspecified atom stereocenters. The number of methoxy groups -OCH3 is 1. The van der Waals surface area contributed by atoms with Gasteiger partial charge >= 0.3 is 5.97 Å². The zero-order chi connectivity index (χ0) is 18.8. The number of ether oxygens (including phenoxy) is 1. The quantitative estimate of drug-likeness (QED) is 0.757. The van der Waals surface area contributed by atoms with Crippen LogP contribution in [0.3, 0.4) is 0 Å². The van der Waals surface area contributed by atoms with Crippen LogP contribution in [0.2, 0.25) is 0 Å². The summed E-state index contributed by atoms with van der Waals surface area (Å²) in [5, 5.41) is 5.01. The average molecular weight is 359 g/mol. The maximum atomic E-state index is 13.1. The van der Waals surface area contributed by atoms with Crippen LogP contribution in [0.5, 0.6) is 0 Å². The number of amides is 1. The summed E-state index contributed by atoms with van der Waals surface area (Å²) in [4.78, 5) is 33.0. The largest absolute Gasteiger partial charge is 0.469 e. The van der Waals surface area contributed by atoms with E-state index in [1.165, 1.54) is 7.11 Å². The maximum Gasteiger partial charge on any atom is 0.306 e. The lowest BCUT2D eigenvalue weighted by Crippen LogP contribution is -2.54.